The van der Waals surface area contributed by atoms with Gasteiger partial charge in [0.05, 0.1) is 0 Å². The van der Waals surface area contributed by atoms with Crippen LogP contribution < -0.4 is 0 Å². The molecule has 86 valence electrons. The fourth-order valence-electron chi connectivity index (χ4n) is 2.02. The largest absolute Gasteiger partial charge is 0.456 e. The van der Waals surface area contributed by atoms with Gasteiger partial charge in [-0.1, -0.05) is 26.3 Å². The molecular formula is C13H22O2. The zero-order valence-electron chi connectivity index (χ0n) is 9.97. The molecule has 1 saturated carbocycles. The normalized spacial score (nSPS) is 20.4. The van der Waals surface area contributed by atoms with Crippen LogP contribution in [0.4, 0.5) is 0 Å². The second kappa shape index (κ2) is 5.34. The van der Waals surface area contributed by atoms with Gasteiger partial charge in [0.1, 0.15) is 5.60 Å². The first kappa shape index (κ1) is 12.3. The van der Waals surface area contributed by atoms with E-state index in [-0.39, 0.29) is 11.6 Å². The van der Waals surface area contributed by atoms with Crippen molar-refractivity contribution >= 4 is 5.97 Å². The van der Waals surface area contributed by atoms with Crippen molar-refractivity contribution in [3.8, 4) is 0 Å². The van der Waals surface area contributed by atoms with E-state index in [2.05, 4.69) is 13.5 Å². The number of carbonyl (C=O) groups is 1. The Labute approximate surface area is 92.7 Å². The average Bonchev–Trinajstić information content (AvgIpc) is 2.41. The third-order valence-corrected chi connectivity index (χ3v) is 3.22. The van der Waals surface area contributed by atoms with Crippen LogP contribution >= 0.6 is 0 Å². The molecule has 0 aromatic carbocycles. The SMILES string of the molecule is C=C(CC)C(=O)OC1(C)CCCCCC1. The second-order valence-corrected chi connectivity index (χ2v) is 4.71. The summed E-state index contributed by atoms with van der Waals surface area (Å²) < 4.78 is 5.57. The van der Waals surface area contributed by atoms with Gasteiger partial charge in [0, 0.05) is 5.57 Å². The number of rotatable bonds is 3. The minimum atomic E-state index is -0.244. The fourth-order valence-corrected chi connectivity index (χ4v) is 2.02. The van der Waals surface area contributed by atoms with E-state index in [0.717, 1.165) is 12.8 Å². The third-order valence-electron chi connectivity index (χ3n) is 3.22. The summed E-state index contributed by atoms with van der Waals surface area (Å²) in [4.78, 5) is 11.6. The highest BCUT2D eigenvalue weighted by atomic mass is 16.6. The minimum absolute atomic E-state index is 0.207. The van der Waals surface area contributed by atoms with Gasteiger partial charge >= 0.3 is 5.97 Å². The Balaban J connectivity index is 2.53. The molecule has 0 unspecified atom stereocenters. The van der Waals surface area contributed by atoms with Crippen LogP contribution in [0.25, 0.3) is 0 Å². The molecule has 0 N–H and O–H groups in total. The lowest BCUT2D eigenvalue weighted by atomic mass is 9.96. The third kappa shape index (κ3) is 3.69. The van der Waals surface area contributed by atoms with Gasteiger partial charge in [0.15, 0.2) is 0 Å². The van der Waals surface area contributed by atoms with Crippen LogP contribution in [0, 0.1) is 0 Å². The van der Waals surface area contributed by atoms with Crippen LogP contribution in [-0.4, -0.2) is 11.6 Å². The molecule has 0 amide bonds. The second-order valence-electron chi connectivity index (χ2n) is 4.71. The zero-order valence-corrected chi connectivity index (χ0v) is 9.97. The van der Waals surface area contributed by atoms with Gasteiger partial charge in [-0.25, -0.2) is 4.79 Å². The summed E-state index contributed by atoms with van der Waals surface area (Å²) in [6, 6.07) is 0. The summed E-state index contributed by atoms with van der Waals surface area (Å²) in [5.41, 5.74) is 0.339. The minimum Gasteiger partial charge on any atom is -0.456 e. The zero-order chi connectivity index (χ0) is 11.3. The lowest BCUT2D eigenvalue weighted by Gasteiger charge is -2.28. The van der Waals surface area contributed by atoms with Gasteiger partial charge in [-0.3, -0.25) is 0 Å². The van der Waals surface area contributed by atoms with Crippen LogP contribution in [0.1, 0.15) is 58.8 Å². The maximum atomic E-state index is 11.6. The predicted octanol–water partition coefficient (Wildman–Crippen LogP) is 3.61. The highest BCUT2D eigenvalue weighted by Crippen LogP contribution is 2.30. The summed E-state index contributed by atoms with van der Waals surface area (Å²) in [7, 11) is 0. The summed E-state index contributed by atoms with van der Waals surface area (Å²) >= 11 is 0. The van der Waals surface area contributed by atoms with Gasteiger partial charge in [0.25, 0.3) is 0 Å². The van der Waals surface area contributed by atoms with Crippen molar-refractivity contribution in [2.45, 2.75) is 64.4 Å². The molecule has 2 nitrogen and oxygen atoms in total. The van der Waals surface area contributed by atoms with E-state index < -0.39 is 0 Å². The highest BCUT2D eigenvalue weighted by molar-refractivity contribution is 5.87. The first-order valence-corrected chi connectivity index (χ1v) is 5.98. The molecule has 0 atom stereocenters. The molecule has 15 heavy (non-hydrogen) atoms. The summed E-state index contributed by atoms with van der Waals surface area (Å²) in [6.45, 7) is 7.70. The van der Waals surface area contributed by atoms with Gasteiger partial charge in [0.2, 0.25) is 0 Å². The maximum absolute atomic E-state index is 11.6. The lowest BCUT2D eigenvalue weighted by molar-refractivity contribution is -0.154. The van der Waals surface area contributed by atoms with Crippen molar-refractivity contribution < 1.29 is 9.53 Å². The standard InChI is InChI=1S/C13H22O2/c1-4-11(2)12(14)15-13(3)9-7-5-6-8-10-13/h2,4-10H2,1,3H3. The van der Waals surface area contributed by atoms with Crippen molar-refractivity contribution in [3.05, 3.63) is 12.2 Å². The lowest BCUT2D eigenvalue weighted by Crippen LogP contribution is -2.31. The molecule has 0 saturated heterocycles. The van der Waals surface area contributed by atoms with Crippen molar-refractivity contribution in [2.75, 3.05) is 0 Å². The fraction of sp³-hybridized carbons (Fsp3) is 0.769. The Kier molecular flexibility index (Phi) is 4.37. The molecule has 0 radical (unpaired) electrons. The Morgan fingerprint density at radius 2 is 1.80 bits per heavy atom. The maximum Gasteiger partial charge on any atom is 0.333 e. The Morgan fingerprint density at radius 1 is 1.27 bits per heavy atom. The van der Waals surface area contributed by atoms with E-state index in [0.29, 0.717) is 12.0 Å². The molecule has 1 fully saturated rings. The summed E-state index contributed by atoms with van der Waals surface area (Å²) in [5, 5.41) is 0. The van der Waals surface area contributed by atoms with Crippen molar-refractivity contribution in [3.63, 3.8) is 0 Å². The molecule has 2 heteroatoms. The Morgan fingerprint density at radius 3 is 2.27 bits per heavy atom. The van der Waals surface area contributed by atoms with E-state index in [1.165, 1.54) is 25.7 Å². The topological polar surface area (TPSA) is 26.3 Å². The Hall–Kier alpha value is -0.790. The van der Waals surface area contributed by atoms with Crippen LogP contribution in [0.15, 0.2) is 12.2 Å². The Bertz CT molecular complexity index is 235. The smallest absolute Gasteiger partial charge is 0.333 e. The molecule has 0 spiro atoms. The number of ether oxygens (including phenoxy) is 1. The first-order valence-electron chi connectivity index (χ1n) is 5.98. The number of hydrogen-bond donors (Lipinski definition) is 0. The number of esters is 1. The van der Waals surface area contributed by atoms with E-state index in [4.69, 9.17) is 4.74 Å². The van der Waals surface area contributed by atoms with E-state index in [1.807, 2.05) is 6.92 Å². The molecule has 0 bridgehead atoms. The van der Waals surface area contributed by atoms with E-state index in [9.17, 15) is 4.79 Å². The van der Waals surface area contributed by atoms with Crippen LogP contribution in [0.3, 0.4) is 0 Å². The molecule has 0 aromatic heterocycles. The summed E-state index contributed by atoms with van der Waals surface area (Å²) in [6.07, 6.45) is 7.54. The molecule has 1 rings (SSSR count). The van der Waals surface area contributed by atoms with Gasteiger partial charge in [-0.15, -0.1) is 0 Å². The average molecular weight is 210 g/mol. The molecule has 1 aliphatic rings. The molecule has 0 aliphatic heterocycles. The molecule has 0 aromatic rings. The molecular weight excluding hydrogens is 188 g/mol. The predicted molar refractivity (Wildman–Crippen MR) is 61.6 cm³/mol. The quantitative estimate of drug-likeness (QED) is 0.404. The number of hydrogen-bond acceptors (Lipinski definition) is 2. The van der Waals surface area contributed by atoms with Gasteiger partial charge < -0.3 is 4.74 Å². The van der Waals surface area contributed by atoms with Crippen molar-refractivity contribution in [1.82, 2.24) is 0 Å². The van der Waals surface area contributed by atoms with E-state index in [1.54, 1.807) is 0 Å². The van der Waals surface area contributed by atoms with Crippen LogP contribution in [-0.2, 0) is 9.53 Å². The summed E-state index contributed by atoms with van der Waals surface area (Å²) in [5.74, 6) is -0.207. The van der Waals surface area contributed by atoms with Crippen molar-refractivity contribution in [1.29, 1.82) is 0 Å². The molecule has 0 heterocycles. The monoisotopic (exact) mass is 210 g/mol. The van der Waals surface area contributed by atoms with E-state index >= 15 is 0 Å². The van der Waals surface area contributed by atoms with Gasteiger partial charge in [-0.2, -0.15) is 0 Å². The van der Waals surface area contributed by atoms with Crippen molar-refractivity contribution in [2.24, 2.45) is 0 Å². The van der Waals surface area contributed by atoms with Crippen LogP contribution in [0.2, 0.25) is 0 Å². The van der Waals surface area contributed by atoms with Crippen LogP contribution in [0.5, 0.6) is 0 Å². The highest BCUT2D eigenvalue weighted by Gasteiger charge is 2.29. The van der Waals surface area contributed by atoms with Gasteiger partial charge in [-0.05, 0) is 39.0 Å². The number of carbonyl (C=O) groups excluding carboxylic acids is 1. The first-order chi connectivity index (χ1) is 7.07. The molecule has 1 aliphatic carbocycles.